The van der Waals surface area contributed by atoms with E-state index in [0.29, 0.717) is 6.54 Å². The molecule has 0 aliphatic heterocycles. The Balaban J connectivity index is 2.29. The minimum Gasteiger partial charge on any atom is -0.365 e. The molecule has 2 heterocycles. The van der Waals surface area contributed by atoms with Crippen molar-refractivity contribution in [3.63, 3.8) is 0 Å². The van der Waals surface area contributed by atoms with Gasteiger partial charge in [-0.3, -0.25) is 4.68 Å². The molecule has 0 amide bonds. The number of hydrogen-bond acceptors (Lipinski definition) is 5. The fourth-order valence-corrected chi connectivity index (χ4v) is 1.87. The summed E-state index contributed by atoms with van der Waals surface area (Å²) in [5.41, 5.74) is 6.56. The van der Waals surface area contributed by atoms with Gasteiger partial charge in [0.15, 0.2) is 5.65 Å². The van der Waals surface area contributed by atoms with Crippen LogP contribution in [0, 0.1) is 0 Å². The number of rotatable bonds is 5. The van der Waals surface area contributed by atoms with Crippen LogP contribution >= 0.6 is 0 Å². The molecule has 0 aliphatic rings. The van der Waals surface area contributed by atoms with Crippen molar-refractivity contribution < 1.29 is 0 Å². The lowest BCUT2D eigenvalue weighted by Gasteiger charge is -2.16. The van der Waals surface area contributed by atoms with Crippen LogP contribution in [0.5, 0.6) is 0 Å². The first-order chi connectivity index (χ1) is 8.26. The van der Waals surface area contributed by atoms with E-state index in [0.717, 1.165) is 29.7 Å². The Morgan fingerprint density at radius 1 is 1.47 bits per heavy atom. The largest absolute Gasteiger partial charge is 0.365 e. The molecule has 2 aromatic heterocycles. The number of aryl methyl sites for hydroxylation is 1. The number of nitrogens with zero attached hydrogens (tertiary/aromatic N) is 4. The molecular formula is C11H18N6. The van der Waals surface area contributed by atoms with Crippen molar-refractivity contribution in [2.75, 3.05) is 11.9 Å². The molecule has 0 bridgehead atoms. The van der Waals surface area contributed by atoms with Crippen molar-refractivity contribution >= 4 is 16.9 Å². The van der Waals surface area contributed by atoms with E-state index in [2.05, 4.69) is 27.3 Å². The second-order valence-electron chi connectivity index (χ2n) is 4.09. The molecule has 0 aromatic carbocycles. The van der Waals surface area contributed by atoms with Gasteiger partial charge in [-0.2, -0.15) is 5.10 Å². The summed E-state index contributed by atoms with van der Waals surface area (Å²) >= 11 is 0. The van der Waals surface area contributed by atoms with Gasteiger partial charge in [-0.1, -0.05) is 13.3 Å². The average molecular weight is 234 g/mol. The Morgan fingerprint density at radius 2 is 2.29 bits per heavy atom. The van der Waals surface area contributed by atoms with Gasteiger partial charge in [0.1, 0.15) is 12.1 Å². The lowest BCUT2D eigenvalue weighted by Crippen LogP contribution is -2.29. The SMILES string of the molecule is CCCC(CN)Nc1ncnc2c1cnn2C. The zero-order valence-corrected chi connectivity index (χ0v) is 10.2. The molecule has 6 heteroatoms. The van der Waals surface area contributed by atoms with E-state index in [1.165, 1.54) is 0 Å². The Hall–Kier alpha value is -1.69. The van der Waals surface area contributed by atoms with E-state index < -0.39 is 0 Å². The van der Waals surface area contributed by atoms with E-state index in [-0.39, 0.29) is 6.04 Å². The van der Waals surface area contributed by atoms with Gasteiger partial charge in [0, 0.05) is 19.6 Å². The molecule has 6 nitrogen and oxygen atoms in total. The zero-order valence-electron chi connectivity index (χ0n) is 10.2. The second-order valence-corrected chi connectivity index (χ2v) is 4.09. The van der Waals surface area contributed by atoms with Crippen LogP contribution in [0.4, 0.5) is 5.82 Å². The number of aromatic nitrogens is 4. The molecule has 1 unspecified atom stereocenters. The number of fused-ring (bicyclic) bond motifs is 1. The molecule has 0 spiro atoms. The van der Waals surface area contributed by atoms with Crippen molar-refractivity contribution in [2.45, 2.75) is 25.8 Å². The summed E-state index contributed by atoms with van der Waals surface area (Å²) in [7, 11) is 1.87. The quantitative estimate of drug-likeness (QED) is 0.803. The van der Waals surface area contributed by atoms with Gasteiger partial charge in [-0.15, -0.1) is 0 Å². The molecule has 17 heavy (non-hydrogen) atoms. The number of nitrogens with two attached hydrogens (primary N) is 1. The van der Waals surface area contributed by atoms with Crippen LogP contribution in [0.2, 0.25) is 0 Å². The molecular weight excluding hydrogens is 216 g/mol. The highest BCUT2D eigenvalue weighted by molar-refractivity contribution is 5.86. The summed E-state index contributed by atoms with van der Waals surface area (Å²) in [5, 5.41) is 8.47. The highest BCUT2D eigenvalue weighted by atomic mass is 15.3. The van der Waals surface area contributed by atoms with Gasteiger partial charge >= 0.3 is 0 Å². The van der Waals surface area contributed by atoms with Crippen molar-refractivity contribution in [3.05, 3.63) is 12.5 Å². The normalized spacial score (nSPS) is 12.9. The Morgan fingerprint density at radius 3 is 3.00 bits per heavy atom. The molecule has 2 aromatic rings. The van der Waals surface area contributed by atoms with Crippen molar-refractivity contribution in [3.8, 4) is 0 Å². The highest BCUT2D eigenvalue weighted by Gasteiger charge is 2.11. The standard InChI is InChI=1S/C11H18N6/c1-3-4-8(5-12)16-10-9-6-15-17(2)11(9)14-7-13-10/h6-8H,3-5,12H2,1-2H3,(H,13,14,16). The van der Waals surface area contributed by atoms with Crippen LogP contribution < -0.4 is 11.1 Å². The smallest absolute Gasteiger partial charge is 0.163 e. The van der Waals surface area contributed by atoms with Crippen LogP contribution in [-0.4, -0.2) is 32.3 Å². The Kier molecular flexibility index (Phi) is 3.53. The van der Waals surface area contributed by atoms with E-state index in [9.17, 15) is 0 Å². The molecule has 1 atom stereocenters. The predicted molar refractivity (Wildman–Crippen MR) is 67.7 cm³/mol. The minimum atomic E-state index is 0.248. The Bertz CT molecular complexity index is 492. The maximum atomic E-state index is 5.73. The van der Waals surface area contributed by atoms with Crippen molar-refractivity contribution in [1.82, 2.24) is 19.7 Å². The second kappa shape index (κ2) is 5.09. The van der Waals surface area contributed by atoms with Crippen LogP contribution in [-0.2, 0) is 7.05 Å². The summed E-state index contributed by atoms with van der Waals surface area (Å²) in [4.78, 5) is 8.46. The average Bonchev–Trinajstić information content (AvgIpc) is 2.72. The van der Waals surface area contributed by atoms with Gasteiger partial charge in [0.05, 0.1) is 11.6 Å². The molecule has 92 valence electrons. The molecule has 3 N–H and O–H groups in total. The first-order valence-corrected chi connectivity index (χ1v) is 5.85. The lowest BCUT2D eigenvalue weighted by molar-refractivity contribution is 0.646. The first-order valence-electron chi connectivity index (χ1n) is 5.85. The third-order valence-corrected chi connectivity index (χ3v) is 2.79. The molecule has 0 fully saturated rings. The summed E-state index contributed by atoms with van der Waals surface area (Å²) in [6, 6.07) is 0.248. The van der Waals surface area contributed by atoms with E-state index in [1.807, 2.05) is 7.05 Å². The van der Waals surface area contributed by atoms with Gasteiger partial charge < -0.3 is 11.1 Å². The third-order valence-electron chi connectivity index (χ3n) is 2.79. The molecule has 0 radical (unpaired) electrons. The van der Waals surface area contributed by atoms with E-state index in [4.69, 9.17) is 5.73 Å². The minimum absolute atomic E-state index is 0.248. The topological polar surface area (TPSA) is 81.7 Å². The Labute approximate surface area is 100 Å². The number of nitrogens with one attached hydrogen (secondary N) is 1. The van der Waals surface area contributed by atoms with Gasteiger partial charge in [-0.05, 0) is 6.42 Å². The van der Waals surface area contributed by atoms with Gasteiger partial charge in [0.25, 0.3) is 0 Å². The highest BCUT2D eigenvalue weighted by Crippen LogP contribution is 2.19. The summed E-state index contributed by atoms with van der Waals surface area (Å²) in [5.74, 6) is 0.812. The monoisotopic (exact) mass is 234 g/mol. The van der Waals surface area contributed by atoms with Gasteiger partial charge in [-0.25, -0.2) is 9.97 Å². The van der Waals surface area contributed by atoms with Crippen molar-refractivity contribution in [2.24, 2.45) is 12.8 Å². The number of anilines is 1. The predicted octanol–water partition coefficient (Wildman–Crippen LogP) is 0.903. The maximum Gasteiger partial charge on any atom is 0.163 e. The van der Waals surface area contributed by atoms with Gasteiger partial charge in [0.2, 0.25) is 0 Å². The van der Waals surface area contributed by atoms with Crippen LogP contribution in [0.3, 0.4) is 0 Å². The molecule has 0 aliphatic carbocycles. The summed E-state index contributed by atoms with van der Waals surface area (Å²) in [6.45, 7) is 2.74. The van der Waals surface area contributed by atoms with Crippen LogP contribution in [0.15, 0.2) is 12.5 Å². The lowest BCUT2D eigenvalue weighted by atomic mass is 10.1. The van der Waals surface area contributed by atoms with Crippen LogP contribution in [0.25, 0.3) is 11.0 Å². The zero-order chi connectivity index (χ0) is 12.3. The molecule has 2 rings (SSSR count). The molecule has 0 saturated heterocycles. The van der Waals surface area contributed by atoms with Crippen molar-refractivity contribution in [1.29, 1.82) is 0 Å². The first kappa shape index (κ1) is 11.8. The third kappa shape index (κ3) is 2.36. The van der Waals surface area contributed by atoms with E-state index in [1.54, 1.807) is 17.2 Å². The fraction of sp³-hybridized carbons (Fsp3) is 0.545. The van der Waals surface area contributed by atoms with E-state index >= 15 is 0 Å². The van der Waals surface area contributed by atoms with Crippen LogP contribution in [0.1, 0.15) is 19.8 Å². The maximum absolute atomic E-state index is 5.73. The summed E-state index contributed by atoms with van der Waals surface area (Å²) in [6.07, 6.45) is 5.45. The number of hydrogen-bond donors (Lipinski definition) is 2. The fourth-order valence-electron chi connectivity index (χ4n) is 1.87. The summed E-state index contributed by atoms with van der Waals surface area (Å²) < 4.78 is 1.74. The molecule has 0 saturated carbocycles.